The van der Waals surface area contributed by atoms with Crippen molar-refractivity contribution in [3.63, 3.8) is 0 Å². The first-order chi connectivity index (χ1) is 11.7. The molecule has 1 aliphatic rings. The van der Waals surface area contributed by atoms with E-state index in [2.05, 4.69) is 10.3 Å². The van der Waals surface area contributed by atoms with E-state index in [1.54, 1.807) is 12.5 Å². The number of hydrogen-bond acceptors (Lipinski definition) is 3. The first-order valence-electron chi connectivity index (χ1n) is 8.02. The molecule has 0 bridgehead atoms. The van der Waals surface area contributed by atoms with Crippen molar-refractivity contribution < 1.29 is 14.6 Å². The summed E-state index contributed by atoms with van der Waals surface area (Å²) in [5.74, 6) is 0.122. The van der Waals surface area contributed by atoms with Crippen molar-refractivity contribution in [1.82, 2.24) is 14.9 Å². The highest BCUT2D eigenvalue weighted by molar-refractivity contribution is 5.66. The Morgan fingerprint density at radius 2 is 2.21 bits per heavy atom. The molecule has 1 amide bonds. The molecule has 1 heterocycles. The van der Waals surface area contributed by atoms with Crippen LogP contribution in [0.5, 0.6) is 0 Å². The molecule has 6 nitrogen and oxygen atoms in total. The summed E-state index contributed by atoms with van der Waals surface area (Å²) in [4.78, 5) is 15.1. The van der Waals surface area contributed by atoms with Crippen LogP contribution in [0.1, 0.15) is 18.4 Å². The molecule has 1 aromatic heterocycles. The minimum atomic E-state index is -1.02. The number of nitrogens with one attached hydrogen (secondary N) is 1. The van der Waals surface area contributed by atoms with Gasteiger partial charge in [0.05, 0.1) is 25.6 Å². The Morgan fingerprint density at radius 1 is 1.38 bits per heavy atom. The fraction of sp³-hybridized carbons (Fsp3) is 0.333. The van der Waals surface area contributed by atoms with Crippen molar-refractivity contribution in [2.24, 2.45) is 5.92 Å². The SMILES string of the molecule is O=C(O)NC1C=C(n2ccnc2)CCC1COCc1ccccc1. The van der Waals surface area contributed by atoms with Gasteiger partial charge in [-0.05, 0) is 24.5 Å². The molecular formula is C18H21N3O3. The van der Waals surface area contributed by atoms with E-state index in [9.17, 15) is 4.79 Å². The number of benzene rings is 1. The summed E-state index contributed by atoms with van der Waals surface area (Å²) in [6.07, 6.45) is 8.00. The van der Waals surface area contributed by atoms with Crippen LogP contribution < -0.4 is 5.32 Å². The molecule has 2 N–H and O–H groups in total. The van der Waals surface area contributed by atoms with E-state index in [0.717, 1.165) is 24.1 Å². The molecule has 0 spiro atoms. The molecule has 0 radical (unpaired) electrons. The second-order valence-corrected chi connectivity index (χ2v) is 5.90. The minimum absolute atomic E-state index is 0.122. The largest absolute Gasteiger partial charge is 0.465 e. The van der Waals surface area contributed by atoms with Gasteiger partial charge in [-0.25, -0.2) is 9.78 Å². The smallest absolute Gasteiger partial charge is 0.405 e. The summed E-state index contributed by atoms with van der Waals surface area (Å²) in [5, 5.41) is 11.7. The maximum Gasteiger partial charge on any atom is 0.405 e. The zero-order valence-corrected chi connectivity index (χ0v) is 13.3. The second kappa shape index (κ2) is 7.79. The molecule has 0 saturated carbocycles. The van der Waals surface area contributed by atoms with Crippen LogP contribution in [0.25, 0.3) is 5.70 Å². The van der Waals surface area contributed by atoms with Crippen LogP contribution in [-0.2, 0) is 11.3 Å². The molecule has 0 saturated heterocycles. The average Bonchev–Trinajstić information content (AvgIpc) is 3.11. The molecule has 2 unspecified atom stereocenters. The van der Waals surface area contributed by atoms with Crippen LogP contribution in [0.15, 0.2) is 55.1 Å². The lowest BCUT2D eigenvalue weighted by atomic mass is 9.88. The number of amides is 1. The summed E-state index contributed by atoms with van der Waals surface area (Å²) < 4.78 is 7.74. The molecule has 2 aromatic rings. The fourth-order valence-corrected chi connectivity index (χ4v) is 2.98. The Morgan fingerprint density at radius 3 is 2.92 bits per heavy atom. The van der Waals surface area contributed by atoms with E-state index in [0.29, 0.717) is 13.2 Å². The molecule has 2 atom stereocenters. The molecule has 126 valence electrons. The summed E-state index contributed by atoms with van der Waals surface area (Å²) >= 11 is 0. The van der Waals surface area contributed by atoms with Crippen molar-refractivity contribution >= 4 is 11.8 Å². The number of aromatic nitrogens is 2. The van der Waals surface area contributed by atoms with Crippen LogP contribution in [0.4, 0.5) is 4.79 Å². The highest BCUT2D eigenvalue weighted by atomic mass is 16.5. The third-order valence-corrected chi connectivity index (χ3v) is 4.22. The van der Waals surface area contributed by atoms with Gasteiger partial charge in [0, 0.05) is 24.0 Å². The molecule has 0 aliphatic heterocycles. The predicted molar refractivity (Wildman–Crippen MR) is 90.3 cm³/mol. The van der Waals surface area contributed by atoms with Gasteiger partial charge >= 0.3 is 6.09 Å². The maximum absolute atomic E-state index is 11.1. The number of nitrogens with zero attached hydrogens (tertiary/aromatic N) is 2. The van der Waals surface area contributed by atoms with Crippen molar-refractivity contribution in [3.05, 3.63) is 60.7 Å². The molecule has 1 aromatic carbocycles. The van der Waals surface area contributed by atoms with E-state index in [4.69, 9.17) is 9.84 Å². The third-order valence-electron chi connectivity index (χ3n) is 4.22. The third kappa shape index (κ3) is 4.23. The average molecular weight is 327 g/mol. The van der Waals surface area contributed by atoms with E-state index in [1.165, 1.54) is 0 Å². The number of imidazole rings is 1. The van der Waals surface area contributed by atoms with Gasteiger partial charge < -0.3 is 19.7 Å². The number of carboxylic acid groups (broad SMARTS) is 1. The molecule has 6 heteroatoms. The highest BCUT2D eigenvalue weighted by Gasteiger charge is 2.27. The lowest BCUT2D eigenvalue weighted by Gasteiger charge is -2.30. The Balaban J connectivity index is 1.62. The molecule has 0 fully saturated rings. The van der Waals surface area contributed by atoms with Gasteiger partial charge in [0.1, 0.15) is 0 Å². The number of ether oxygens (including phenoxy) is 1. The Labute approximate surface area is 140 Å². The first kappa shape index (κ1) is 16.3. The number of carbonyl (C=O) groups is 1. The van der Waals surface area contributed by atoms with E-state index >= 15 is 0 Å². The lowest BCUT2D eigenvalue weighted by molar-refractivity contribution is 0.0743. The first-order valence-corrected chi connectivity index (χ1v) is 8.02. The van der Waals surface area contributed by atoms with Crippen LogP contribution in [-0.4, -0.2) is 33.4 Å². The van der Waals surface area contributed by atoms with Gasteiger partial charge in [0.25, 0.3) is 0 Å². The summed E-state index contributed by atoms with van der Waals surface area (Å²) in [7, 11) is 0. The van der Waals surface area contributed by atoms with Gasteiger partial charge in [0.2, 0.25) is 0 Å². The normalized spacial score (nSPS) is 20.4. The minimum Gasteiger partial charge on any atom is -0.465 e. The van der Waals surface area contributed by atoms with Gasteiger partial charge in [-0.2, -0.15) is 0 Å². The Bertz CT molecular complexity index is 683. The van der Waals surface area contributed by atoms with E-state index in [1.807, 2.05) is 47.2 Å². The Hall–Kier alpha value is -2.60. The molecule has 3 rings (SSSR count). The van der Waals surface area contributed by atoms with Gasteiger partial charge in [0.15, 0.2) is 0 Å². The molecule has 1 aliphatic carbocycles. The zero-order valence-electron chi connectivity index (χ0n) is 13.3. The van der Waals surface area contributed by atoms with Crippen molar-refractivity contribution in [2.75, 3.05) is 6.61 Å². The van der Waals surface area contributed by atoms with Crippen LogP contribution in [0.2, 0.25) is 0 Å². The summed E-state index contributed by atoms with van der Waals surface area (Å²) in [6.45, 7) is 1.06. The van der Waals surface area contributed by atoms with Gasteiger partial charge in [-0.15, -0.1) is 0 Å². The number of allylic oxidation sites excluding steroid dienone is 1. The second-order valence-electron chi connectivity index (χ2n) is 5.90. The van der Waals surface area contributed by atoms with E-state index in [-0.39, 0.29) is 12.0 Å². The summed E-state index contributed by atoms with van der Waals surface area (Å²) in [6, 6.07) is 9.71. The predicted octanol–water partition coefficient (Wildman–Crippen LogP) is 2.99. The van der Waals surface area contributed by atoms with Crippen LogP contribution >= 0.6 is 0 Å². The van der Waals surface area contributed by atoms with Crippen LogP contribution in [0, 0.1) is 5.92 Å². The fourth-order valence-electron chi connectivity index (χ4n) is 2.98. The van der Waals surface area contributed by atoms with Crippen molar-refractivity contribution in [3.8, 4) is 0 Å². The van der Waals surface area contributed by atoms with Crippen molar-refractivity contribution in [2.45, 2.75) is 25.5 Å². The Kier molecular flexibility index (Phi) is 5.28. The zero-order chi connectivity index (χ0) is 16.8. The number of rotatable bonds is 6. The van der Waals surface area contributed by atoms with E-state index < -0.39 is 6.09 Å². The molecule has 24 heavy (non-hydrogen) atoms. The number of hydrogen-bond donors (Lipinski definition) is 2. The topological polar surface area (TPSA) is 76.4 Å². The highest BCUT2D eigenvalue weighted by Crippen LogP contribution is 2.27. The maximum atomic E-state index is 11.1. The van der Waals surface area contributed by atoms with Crippen LogP contribution in [0.3, 0.4) is 0 Å². The van der Waals surface area contributed by atoms with Crippen molar-refractivity contribution in [1.29, 1.82) is 0 Å². The monoisotopic (exact) mass is 327 g/mol. The molecular weight excluding hydrogens is 306 g/mol. The quantitative estimate of drug-likeness (QED) is 0.855. The standard InChI is InChI=1S/C18H21N3O3/c22-18(23)20-17-10-16(21-9-8-19-13-21)7-6-15(17)12-24-11-14-4-2-1-3-5-14/h1-5,8-10,13,15,17,20H,6-7,11-12H2,(H,22,23). The lowest BCUT2D eigenvalue weighted by Crippen LogP contribution is -2.42. The summed E-state index contributed by atoms with van der Waals surface area (Å²) in [5.41, 5.74) is 2.18. The van der Waals surface area contributed by atoms with Gasteiger partial charge in [-0.1, -0.05) is 30.3 Å². The van der Waals surface area contributed by atoms with Gasteiger partial charge in [-0.3, -0.25) is 0 Å².